The van der Waals surface area contributed by atoms with Gasteiger partial charge in [0.2, 0.25) is 0 Å². The maximum absolute atomic E-state index is 12.1. The number of rotatable bonds is 3. The van der Waals surface area contributed by atoms with Crippen molar-refractivity contribution in [2.75, 3.05) is 33.8 Å². The van der Waals surface area contributed by atoms with E-state index in [0.717, 1.165) is 19.6 Å². The largest absolute Gasteiger partial charge is 0.372 e. The molecule has 0 spiro atoms. The molecule has 0 aromatic heterocycles. The lowest BCUT2D eigenvalue weighted by Crippen LogP contribution is -2.58. The second-order valence-electron chi connectivity index (χ2n) is 4.98. The minimum absolute atomic E-state index is 0.120. The Bertz CT molecular complexity index is 243. The molecule has 0 aromatic rings. The highest BCUT2D eigenvalue weighted by atomic mass is 16.5. The van der Waals surface area contributed by atoms with Crippen molar-refractivity contribution in [2.45, 2.75) is 32.9 Å². The molecule has 0 radical (unpaired) electrons. The molecule has 1 fully saturated rings. The van der Waals surface area contributed by atoms with Crippen LogP contribution in [0.15, 0.2) is 0 Å². The second kappa shape index (κ2) is 5.64. The predicted octanol–water partition coefficient (Wildman–Crippen LogP) is 0.820. The lowest BCUT2D eigenvalue weighted by molar-refractivity contribution is -0.147. The van der Waals surface area contributed by atoms with Crippen LogP contribution in [-0.2, 0) is 9.53 Å². The summed E-state index contributed by atoms with van der Waals surface area (Å²) in [5.74, 6) is 0.602. The van der Waals surface area contributed by atoms with E-state index in [1.165, 1.54) is 0 Å². The molecule has 1 rings (SSSR count). The molecule has 1 heterocycles. The van der Waals surface area contributed by atoms with Gasteiger partial charge in [0.25, 0.3) is 5.91 Å². The highest BCUT2D eigenvalue weighted by Gasteiger charge is 2.33. The van der Waals surface area contributed by atoms with Gasteiger partial charge in [0.1, 0.15) is 6.10 Å². The normalized spacial score (nSPS) is 24.9. The number of carbonyl (C=O) groups is 1. The quantitative estimate of drug-likeness (QED) is 0.717. The van der Waals surface area contributed by atoms with Crippen LogP contribution in [-0.4, -0.2) is 61.6 Å². The third-order valence-corrected chi connectivity index (χ3v) is 3.38. The summed E-state index contributed by atoms with van der Waals surface area (Å²) in [6, 6.07) is 0.309. The van der Waals surface area contributed by atoms with Crippen LogP contribution in [0.1, 0.15) is 20.8 Å². The molecule has 0 aromatic carbocycles. The fourth-order valence-electron chi connectivity index (χ4n) is 2.13. The fourth-order valence-corrected chi connectivity index (χ4v) is 2.13. The fraction of sp³-hybridized carbons (Fsp3) is 0.917. The van der Waals surface area contributed by atoms with Gasteiger partial charge in [-0.05, 0) is 19.9 Å². The van der Waals surface area contributed by atoms with Crippen molar-refractivity contribution in [3.63, 3.8) is 0 Å². The van der Waals surface area contributed by atoms with Crippen LogP contribution in [0.2, 0.25) is 0 Å². The number of nitrogens with zero attached hydrogens (tertiary/aromatic N) is 2. The minimum Gasteiger partial charge on any atom is -0.372 e. The first-order valence-electron chi connectivity index (χ1n) is 5.99. The summed E-state index contributed by atoms with van der Waals surface area (Å²) in [5, 5.41) is 0. The Morgan fingerprint density at radius 2 is 1.94 bits per heavy atom. The van der Waals surface area contributed by atoms with Crippen molar-refractivity contribution < 1.29 is 9.53 Å². The molecule has 0 aliphatic carbocycles. The number of piperazine rings is 1. The number of hydrogen-bond donors (Lipinski definition) is 0. The molecule has 4 nitrogen and oxygen atoms in total. The number of likely N-dealkylation sites (N-methyl/N-ethyl adjacent to an activating group) is 1. The topological polar surface area (TPSA) is 32.8 Å². The van der Waals surface area contributed by atoms with Gasteiger partial charge >= 0.3 is 0 Å². The molecular weight excluding hydrogens is 204 g/mol. The maximum atomic E-state index is 12.1. The van der Waals surface area contributed by atoms with E-state index in [1.54, 1.807) is 7.11 Å². The lowest BCUT2D eigenvalue weighted by atomic mass is 9.99. The molecule has 1 saturated heterocycles. The summed E-state index contributed by atoms with van der Waals surface area (Å²) in [6.07, 6.45) is -0.329. The summed E-state index contributed by atoms with van der Waals surface area (Å²) < 4.78 is 5.12. The van der Waals surface area contributed by atoms with Gasteiger partial charge in [-0.2, -0.15) is 0 Å². The first-order chi connectivity index (χ1) is 7.47. The third kappa shape index (κ3) is 2.95. The van der Waals surface area contributed by atoms with Gasteiger partial charge in [-0.25, -0.2) is 0 Å². The summed E-state index contributed by atoms with van der Waals surface area (Å²) in [6.45, 7) is 8.87. The number of hydrogen-bond acceptors (Lipinski definition) is 3. The van der Waals surface area contributed by atoms with Gasteiger partial charge in [-0.3, -0.25) is 4.79 Å². The zero-order valence-corrected chi connectivity index (χ0v) is 11.1. The minimum atomic E-state index is -0.329. The summed E-state index contributed by atoms with van der Waals surface area (Å²) >= 11 is 0. The van der Waals surface area contributed by atoms with E-state index in [1.807, 2.05) is 11.8 Å². The molecule has 2 unspecified atom stereocenters. The van der Waals surface area contributed by atoms with Gasteiger partial charge in [0.05, 0.1) is 0 Å². The smallest absolute Gasteiger partial charge is 0.251 e. The number of methoxy groups -OCH3 is 1. The standard InChI is InChI=1S/C12H24N2O2/c1-9(2)11-8-13(4)6-7-14(11)12(15)10(3)16-5/h9-11H,6-8H2,1-5H3. The molecule has 1 amide bonds. The van der Waals surface area contributed by atoms with E-state index < -0.39 is 0 Å². The van der Waals surface area contributed by atoms with Crippen molar-refractivity contribution in [3.8, 4) is 0 Å². The molecule has 16 heavy (non-hydrogen) atoms. The number of amides is 1. The van der Waals surface area contributed by atoms with Gasteiger partial charge in [-0.15, -0.1) is 0 Å². The average molecular weight is 228 g/mol. The van der Waals surface area contributed by atoms with Crippen LogP contribution in [0, 0.1) is 5.92 Å². The molecule has 0 N–H and O–H groups in total. The average Bonchev–Trinajstić information content (AvgIpc) is 2.26. The van der Waals surface area contributed by atoms with Crippen LogP contribution in [0.25, 0.3) is 0 Å². The number of carbonyl (C=O) groups excluding carboxylic acids is 1. The zero-order valence-electron chi connectivity index (χ0n) is 11.1. The number of ether oxygens (including phenoxy) is 1. The molecule has 1 aliphatic rings. The molecule has 94 valence electrons. The van der Waals surface area contributed by atoms with Crippen molar-refractivity contribution in [1.29, 1.82) is 0 Å². The van der Waals surface area contributed by atoms with Crippen LogP contribution in [0.4, 0.5) is 0 Å². The Hall–Kier alpha value is -0.610. The van der Waals surface area contributed by atoms with E-state index in [9.17, 15) is 4.79 Å². The van der Waals surface area contributed by atoms with Crippen LogP contribution in [0.5, 0.6) is 0 Å². The molecule has 1 aliphatic heterocycles. The Kier molecular flexibility index (Phi) is 4.74. The summed E-state index contributed by atoms with van der Waals surface area (Å²) in [4.78, 5) is 16.4. The SMILES string of the molecule is COC(C)C(=O)N1CCN(C)CC1C(C)C. The lowest BCUT2D eigenvalue weighted by Gasteiger charge is -2.43. The van der Waals surface area contributed by atoms with E-state index in [2.05, 4.69) is 25.8 Å². The van der Waals surface area contributed by atoms with Gasteiger partial charge in [0.15, 0.2) is 0 Å². The van der Waals surface area contributed by atoms with E-state index in [-0.39, 0.29) is 12.0 Å². The van der Waals surface area contributed by atoms with E-state index >= 15 is 0 Å². The van der Waals surface area contributed by atoms with Crippen LogP contribution < -0.4 is 0 Å². The highest BCUT2D eigenvalue weighted by Crippen LogP contribution is 2.17. The van der Waals surface area contributed by atoms with E-state index in [4.69, 9.17) is 4.74 Å². The molecule has 4 heteroatoms. The third-order valence-electron chi connectivity index (χ3n) is 3.38. The second-order valence-corrected chi connectivity index (χ2v) is 4.98. The summed E-state index contributed by atoms with van der Waals surface area (Å²) in [7, 11) is 3.69. The monoisotopic (exact) mass is 228 g/mol. The van der Waals surface area contributed by atoms with Crippen LogP contribution >= 0.6 is 0 Å². The Labute approximate surface area is 98.5 Å². The molecular formula is C12H24N2O2. The predicted molar refractivity (Wildman–Crippen MR) is 64.3 cm³/mol. The Morgan fingerprint density at radius 3 is 2.44 bits per heavy atom. The van der Waals surface area contributed by atoms with Crippen LogP contribution in [0.3, 0.4) is 0 Å². The first-order valence-corrected chi connectivity index (χ1v) is 5.99. The zero-order chi connectivity index (χ0) is 12.3. The molecule has 2 atom stereocenters. The Morgan fingerprint density at radius 1 is 1.31 bits per heavy atom. The highest BCUT2D eigenvalue weighted by molar-refractivity contribution is 5.81. The van der Waals surface area contributed by atoms with Gasteiger partial charge in [0, 0.05) is 32.8 Å². The maximum Gasteiger partial charge on any atom is 0.251 e. The van der Waals surface area contributed by atoms with Gasteiger partial charge < -0.3 is 14.5 Å². The first kappa shape index (κ1) is 13.5. The van der Waals surface area contributed by atoms with Crippen molar-refractivity contribution in [3.05, 3.63) is 0 Å². The molecule has 0 saturated carbocycles. The summed E-state index contributed by atoms with van der Waals surface area (Å²) in [5.41, 5.74) is 0. The van der Waals surface area contributed by atoms with Crippen molar-refractivity contribution in [1.82, 2.24) is 9.80 Å². The van der Waals surface area contributed by atoms with Gasteiger partial charge in [-0.1, -0.05) is 13.8 Å². The van der Waals surface area contributed by atoms with Crippen molar-refractivity contribution in [2.24, 2.45) is 5.92 Å². The van der Waals surface area contributed by atoms with E-state index in [0.29, 0.717) is 12.0 Å². The van der Waals surface area contributed by atoms with Crippen molar-refractivity contribution >= 4 is 5.91 Å². The Balaban J connectivity index is 2.72. The molecule has 0 bridgehead atoms.